The number of nitrogens with zero attached hydrogens (tertiary/aromatic N) is 1. The molecule has 2 N–H and O–H groups in total. The Labute approximate surface area is 157 Å². The minimum absolute atomic E-state index is 0.102. The Balaban J connectivity index is 1.92. The number of ether oxygens (including phenoxy) is 1. The summed E-state index contributed by atoms with van der Waals surface area (Å²) in [6.45, 7) is 0. The Bertz CT molecular complexity index is 1230. The fraction of sp³-hybridized carbons (Fsp3) is 0.0500. The zero-order valence-electron chi connectivity index (χ0n) is 14.2. The van der Waals surface area contributed by atoms with Gasteiger partial charge in [0.1, 0.15) is 11.6 Å². The van der Waals surface area contributed by atoms with Gasteiger partial charge in [0, 0.05) is 40.8 Å². The Morgan fingerprint density at radius 2 is 1.81 bits per heavy atom. The fourth-order valence-electron chi connectivity index (χ4n) is 2.90. The molecule has 136 valence electrons. The lowest BCUT2D eigenvalue weighted by Gasteiger charge is -2.14. The van der Waals surface area contributed by atoms with Gasteiger partial charge < -0.3 is 15.0 Å². The quantitative estimate of drug-likeness (QED) is 0.510. The predicted molar refractivity (Wildman–Crippen MR) is 103 cm³/mol. The zero-order chi connectivity index (χ0) is 19.1. The molecule has 0 amide bonds. The number of nitrogen functional groups attached to an aromatic ring is 1. The van der Waals surface area contributed by atoms with Gasteiger partial charge in [-0.05, 0) is 41.8 Å². The lowest BCUT2D eigenvalue weighted by atomic mass is 10.0. The molecule has 7 heteroatoms. The Morgan fingerprint density at radius 1 is 1.04 bits per heavy atom. The van der Waals surface area contributed by atoms with Gasteiger partial charge in [-0.2, -0.15) is 0 Å². The summed E-state index contributed by atoms with van der Waals surface area (Å²) >= 11 is 1.42. The van der Waals surface area contributed by atoms with Crippen LogP contribution in [0.1, 0.15) is 0 Å². The molecule has 2 heterocycles. The molecule has 27 heavy (non-hydrogen) atoms. The molecule has 0 radical (unpaired) electrons. The van der Waals surface area contributed by atoms with Gasteiger partial charge in [0.25, 0.3) is 5.56 Å². The van der Waals surface area contributed by atoms with Crippen LogP contribution in [-0.2, 0) is 7.05 Å². The first-order valence-corrected chi connectivity index (χ1v) is 8.91. The van der Waals surface area contributed by atoms with Crippen molar-refractivity contribution in [3.8, 4) is 22.6 Å². The van der Waals surface area contributed by atoms with E-state index in [9.17, 15) is 13.6 Å². The van der Waals surface area contributed by atoms with Crippen LogP contribution in [0.5, 0.6) is 11.5 Å². The van der Waals surface area contributed by atoms with Crippen molar-refractivity contribution in [1.82, 2.24) is 4.57 Å². The lowest BCUT2D eigenvalue weighted by molar-refractivity contribution is 0.439. The molecule has 0 spiro atoms. The van der Waals surface area contributed by atoms with Crippen LogP contribution >= 0.6 is 11.3 Å². The third kappa shape index (κ3) is 3.06. The third-order valence-electron chi connectivity index (χ3n) is 4.19. The van der Waals surface area contributed by atoms with E-state index < -0.39 is 11.6 Å². The van der Waals surface area contributed by atoms with E-state index in [0.29, 0.717) is 22.4 Å². The zero-order valence-corrected chi connectivity index (χ0v) is 15.0. The van der Waals surface area contributed by atoms with Crippen LogP contribution in [0.3, 0.4) is 0 Å². The molecule has 2 aromatic heterocycles. The summed E-state index contributed by atoms with van der Waals surface area (Å²) in [6, 6.07) is 9.83. The monoisotopic (exact) mass is 384 g/mol. The number of nitrogens with two attached hydrogens (primary N) is 1. The molecule has 0 aliphatic heterocycles. The number of rotatable bonds is 3. The summed E-state index contributed by atoms with van der Waals surface area (Å²) in [6.07, 6.45) is 1.70. The van der Waals surface area contributed by atoms with E-state index >= 15 is 0 Å². The molecule has 4 nitrogen and oxygen atoms in total. The molecule has 0 saturated heterocycles. The molecule has 4 aromatic rings. The van der Waals surface area contributed by atoms with Crippen LogP contribution in [0.15, 0.2) is 58.8 Å². The number of pyridine rings is 1. The number of aryl methyl sites for hydroxylation is 1. The van der Waals surface area contributed by atoms with Gasteiger partial charge >= 0.3 is 0 Å². The SMILES string of the molecule is Cn1cc(-c2cc(N)ccc2Oc2ccc(F)cc2F)c2sccc2c1=O. The molecule has 0 fully saturated rings. The number of aromatic nitrogens is 1. The number of hydrogen-bond acceptors (Lipinski definition) is 4. The standard InChI is InChI=1S/C20H14F2N2O2S/c1-24-10-15(19-13(20(24)25)6-7-27-19)14-9-12(23)3-5-17(14)26-18-4-2-11(21)8-16(18)22/h2-10H,23H2,1H3. The maximum atomic E-state index is 14.0. The molecular formula is C20H14F2N2O2S. The van der Waals surface area contributed by atoms with Gasteiger partial charge in [0.05, 0.1) is 5.39 Å². The second kappa shape index (κ2) is 6.51. The van der Waals surface area contributed by atoms with Gasteiger partial charge in [-0.1, -0.05) is 0 Å². The minimum atomic E-state index is -0.806. The second-order valence-corrected chi connectivity index (χ2v) is 6.97. The van der Waals surface area contributed by atoms with Crippen molar-refractivity contribution < 1.29 is 13.5 Å². The van der Waals surface area contributed by atoms with Crippen molar-refractivity contribution >= 4 is 27.1 Å². The summed E-state index contributed by atoms with van der Waals surface area (Å²) in [7, 11) is 1.66. The van der Waals surface area contributed by atoms with Crippen molar-refractivity contribution in [2.75, 3.05) is 5.73 Å². The van der Waals surface area contributed by atoms with E-state index in [1.807, 2.05) is 5.38 Å². The minimum Gasteiger partial charge on any atom is -0.454 e. The molecule has 2 aromatic carbocycles. The van der Waals surface area contributed by atoms with Gasteiger partial charge in [-0.25, -0.2) is 8.78 Å². The highest BCUT2D eigenvalue weighted by Gasteiger charge is 2.16. The lowest BCUT2D eigenvalue weighted by Crippen LogP contribution is -2.15. The Morgan fingerprint density at radius 3 is 2.59 bits per heavy atom. The summed E-state index contributed by atoms with van der Waals surface area (Å²) in [4.78, 5) is 12.3. The Hall–Kier alpha value is -3.19. The summed E-state index contributed by atoms with van der Waals surface area (Å²) in [5.41, 5.74) is 7.70. The number of thiophene rings is 1. The smallest absolute Gasteiger partial charge is 0.259 e. The third-order valence-corrected chi connectivity index (χ3v) is 5.14. The van der Waals surface area contributed by atoms with Gasteiger partial charge in [0.2, 0.25) is 0 Å². The summed E-state index contributed by atoms with van der Waals surface area (Å²) in [5.74, 6) is -1.24. The largest absolute Gasteiger partial charge is 0.454 e. The number of benzene rings is 2. The van der Waals surface area contributed by atoms with Crippen LogP contribution in [0, 0.1) is 11.6 Å². The van der Waals surface area contributed by atoms with Gasteiger partial charge in [0.15, 0.2) is 11.6 Å². The van der Waals surface area contributed by atoms with Crippen LogP contribution in [-0.4, -0.2) is 4.57 Å². The fourth-order valence-corrected chi connectivity index (χ4v) is 3.81. The van der Waals surface area contributed by atoms with Crippen molar-refractivity contribution in [3.63, 3.8) is 0 Å². The summed E-state index contributed by atoms with van der Waals surface area (Å²) in [5, 5.41) is 2.42. The highest BCUT2D eigenvalue weighted by atomic mass is 32.1. The Kier molecular flexibility index (Phi) is 4.16. The normalized spacial score (nSPS) is 11.1. The van der Waals surface area contributed by atoms with Gasteiger partial charge in [-0.3, -0.25) is 4.79 Å². The average molecular weight is 384 g/mol. The van der Waals surface area contributed by atoms with Crippen LogP contribution in [0.25, 0.3) is 21.2 Å². The van der Waals surface area contributed by atoms with Crippen molar-refractivity contribution in [3.05, 3.63) is 76.0 Å². The summed E-state index contributed by atoms with van der Waals surface area (Å²) < 4.78 is 35.2. The number of anilines is 1. The van der Waals surface area contributed by atoms with E-state index in [1.54, 1.807) is 37.5 Å². The number of hydrogen-bond donors (Lipinski definition) is 1. The molecule has 0 aliphatic carbocycles. The van der Waals surface area contributed by atoms with E-state index in [-0.39, 0.29) is 11.3 Å². The predicted octanol–water partition coefficient (Wildman–Crippen LogP) is 4.92. The maximum absolute atomic E-state index is 14.0. The van der Waals surface area contributed by atoms with Crippen molar-refractivity contribution in [2.24, 2.45) is 7.05 Å². The van der Waals surface area contributed by atoms with E-state index in [4.69, 9.17) is 10.5 Å². The molecule has 4 rings (SSSR count). The second-order valence-electron chi connectivity index (χ2n) is 6.05. The van der Waals surface area contributed by atoms with Crippen molar-refractivity contribution in [2.45, 2.75) is 0 Å². The van der Waals surface area contributed by atoms with Crippen LogP contribution < -0.4 is 16.0 Å². The number of fused-ring (bicyclic) bond motifs is 1. The van der Waals surface area contributed by atoms with Crippen LogP contribution in [0.4, 0.5) is 14.5 Å². The molecular weight excluding hydrogens is 370 g/mol. The average Bonchev–Trinajstić information content (AvgIpc) is 3.12. The maximum Gasteiger partial charge on any atom is 0.259 e. The van der Waals surface area contributed by atoms with E-state index in [0.717, 1.165) is 22.4 Å². The van der Waals surface area contributed by atoms with Gasteiger partial charge in [-0.15, -0.1) is 11.3 Å². The van der Waals surface area contributed by atoms with Crippen molar-refractivity contribution in [1.29, 1.82) is 0 Å². The molecule has 0 bridgehead atoms. The number of halogens is 2. The van der Waals surface area contributed by atoms with E-state index in [1.165, 1.54) is 22.0 Å². The molecule has 0 aliphatic rings. The molecule has 0 atom stereocenters. The highest BCUT2D eigenvalue weighted by molar-refractivity contribution is 7.17. The topological polar surface area (TPSA) is 57.2 Å². The van der Waals surface area contributed by atoms with Crippen LogP contribution in [0.2, 0.25) is 0 Å². The van der Waals surface area contributed by atoms with E-state index in [2.05, 4.69) is 0 Å². The highest BCUT2D eigenvalue weighted by Crippen LogP contribution is 2.39. The first-order valence-electron chi connectivity index (χ1n) is 8.03. The first kappa shape index (κ1) is 17.2. The molecule has 0 saturated carbocycles. The first-order chi connectivity index (χ1) is 12.9. The molecule has 0 unspecified atom stereocenters.